The van der Waals surface area contributed by atoms with Gasteiger partial charge in [-0.2, -0.15) is 5.10 Å². The molecule has 0 saturated carbocycles. The molecule has 0 amide bonds. The Morgan fingerprint density at radius 1 is 1.53 bits per heavy atom. The van der Waals surface area contributed by atoms with Gasteiger partial charge in [0.05, 0.1) is 11.9 Å². The van der Waals surface area contributed by atoms with Gasteiger partial charge in [0, 0.05) is 19.6 Å². The molecule has 6 heteroatoms. The van der Waals surface area contributed by atoms with Gasteiger partial charge in [0.15, 0.2) is 0 Å². The van der Waals surface area contributed by atoms with Crippen molar-refractivity contribution in [1.29, 1.82) is 0 Å². The zero-order valence-corrected chi connectivity index (χ0v) is 12.9. The smallest absolute Gasteiger partial charge is 0.287 e. The molecule has 1 N–H and O–H groups in total. The van der Waals surface area contributed by atoms with Gasteiger partial charge in [-0.25, -0.2) is 4.68 Å². The number of hydrogen-bond acceptors (Lipinski definition) is 4. The Morgan fingerprint density at radius 2 is 2.21 bits per heavy atom. The molecule has 108 valence electrons. The first-order chi connectivity index (χ1) is 8.95. The SMILES string of the molecule is CCN(C)CCNc1cnn(CC(C)C)c(=O)c1Cl. The van der Waals surface area contributed by atoms with Crippen molar-refractivity contribution in [3.8, 4) is 0 Å². The Kier molecular flexibility index (Phi) is 6.31. The van der Waals surface area contributed by atoms with E-state index >= 15 is 0 Å². The van der Waals surface area contributed by atoms with Crippen LogP contribution in [0, 0.1) is 5.92 Å². The van der Waals surface area contributed by atoms with Crippen LogP contribution in [0.4, 0.5) is 5.69 Å². The molecule has 0 fully saturated rings. The number of nitrogens with one attached hydrogen (secondary N) is 1. The van der Waals surface area contributed by atoms with Crippen molar-refractivity contribution in [2.24, 2.45) is 5.92 Å². The molecule has 0 unspecified atom stereocenters. The number of aromatic nitrogens is 2. The third-order valence-electron chi connectivity index (χ3n) is 2.87. The van der Waals surface area contributed by atoms with Crippen molar-refractivity contribution < 1.29 is 0 Å². The van der Waals surface area contributed by atoms with Crippen molar-refractivity contribution in [3.63, 3.8) is 0 Å². The second kappa shape index (κ2) is 7.50. The molecule has 0 saturated heterocycles. The molecule has 0 atom stereocenters. The van der Waals surface area contributed by atoms with E-state index in [0.717, 1.165) is 19.6 Å². The van der Waals surface area contributed by atoms with Gasteiger partial charge in [-0.05, 0) is 19.5 Å². The molecule has 1 rings (SSSR count). The Balaban J connectivity index is 2.71. The summed E-state index contributed by atoms with van der Waals surface area (Å²) in [7, 11) is 2.04. The van der Waals surface area contributed by atoms with Crippen molar-refractivity contribution in [2.75, 3.05) is 32.0 Å². The van der Waals surface area contributed by atoms with Gasteiger partial charge < -0.3 is 10.2 Å². The fraction of sp³-hybridized carbons (Fsp3) is 0.692. The highest BCUT2D eigenvalue weighted by atomic mass is 35.5. The summed E-state index contributed by atoms with van der Waals surface area (Å²) in [4.78, 5) is 14.2. The van der Waals surface area contributed by atoms with Crippen LogP contribution in [0.25, 0.3) is 0 Å². The largest absolute Gasteiger partial charge is 0.381 e. The molecule has 0 aliphatic carbocycles. The Bertz CT molecular complexity index is 458. The van der Waals surface area contributed by atoms with E-state index in [-0.39, 0.29) is 10.6 Å². The lowest BCUT2D eigenvalue weighted by Crippen LogP contribution is -2.28. The number of halogens is 1. The van der Waals surface area contributed by atoms with Crippen LogP contribution in [0.5, 0.6) is 0 Å². The maximum Gasteiger partial charge on any atom is 0.287 e. The second-order valence-corrected chi connectivity index (χ2v) is 5.45. The van der Waals surface area contributed by atoms with Gasteiger partial charge >= 0.3 is 0 Å². The number of anilines is 1. The third kappa shape index (κ3) is 4.84. The van der Waals surface area contributed by atoms with E-state index < -0.39 is 0 Å². The normalized spacial score (nSPS) is 11.3. The number of nitrogens with zero attached hydrogens (tertiary/aromatic N) is 3. The minimum Gasteiger partial charge on any atom is -0.381 e. The Labute approximate surface area is 119 Å². The van der Waals surface area contributed by atoms with Gasteiger partial charge in [0.1, 0.15) is 5.02 Å². The van der Waals surface area contributed by atoms with Crippen molar-refractivity contribution in [1.82, 2.24) is 14.7 Å². The zero-order valence-electron chi connectivity index (χ0n) is 12.1. The molecule has 0 aromatic carbocycles. The Hall–Kier alpha value is -1.07. The molecule has 1 heterocycles. The summed E-state index contributed by atoms with van der Waals surface area (Å²) in [6.45, 7) is 9.37. The summed E-state index contributed by atoms with van der Waals surface area (Å²) in [5, 5.41) is 7.51. The van der Waals surface area contributed by atoms with E-state index in [1.807, 2.05) is 20.9 Å². The van der Waals surface area contributed by atoms with Crippen molar-refractivity contribution >= 4 is 17.3 Å². The van der Waals surface area contributed by atoms with E-state index in [9.17, 15) is 4.79 Å². The molecule has 5 nitrogen and oxygen atoms in total. The average Bonchev–Trinajstić information content (AvgIpc) is 2.37. The predicted molar refractivity (Wildman–Crippen MR) is 80.0 cm³/mol. The summed E-state index contributed by atoms with van der Waals surface area (Å²) >= 11 is 6.08. The quantitative estimate of drug-likeness (QED) is 0.832. The predicted octanol–water partition coefficient (Wildman–Crippen LogP) is 1.92. The first-order valence-electron chi connectivity index (χ1n) is 6.63. The number of rotatable bonds is 7. The molecule has 1 aromatic heterocycles. The van der Waals surface area contributed by atoms with Crippen LogP contribution >= 0.6 is 11.6 Å². The fourth-order valence-electron chi connectivity index (χ4n) is 1.60. The van der Waals surface area contributed by atoms with Crippen LogP contribution in [0.3, 0.4) is 0 Å². The van der Waals surface area contributed by atoms with Crippen LogP contribution in [-0.2, 0) is 6.54 Å². The maximum atomic E-state index is 12.0. The summed E-state index contributed by atoms with van der Waals surface area (Å²) in [5.74, 6) is 0.360. The Morgan fingerprint density at radius 3 is 2.79 bits per heavy atom. The monoisotopic (exact) mass is 286 g/mol. The topological polar surface area (TPSA) is 50.2 Å². The maximum absolute atomic E-state index is 12.0. The molecule has 0 bridgehead atoms. The van der Waals surface area contributed by atoms with E-state index in [1.165, 1.54) is 4.68 Å². The fourth-order valence-corrected chi connectivity index (χ4v) is 1.82. The van der Waals surface area contributed by atoms with E-state index in [4.69, 9.17) is 11.6 Å². The van der Waals surface area contributed by atoms with Gasteiger partial charge in [-0.3, -0.25) is 4.79 Å². The molecule has 1 aromatic rings. The van der Waals surface area contributed by atoms with Crippen molar-refractivity contribution in [3.05, 3.63) is 21.6 Å². The van der Waals surface area contributed by atoms with Gasteiger partial charge in [-0.1, -0.05) is 32.4 Å². The molecular formula is C13H23ClN4O. The van der Waals surface area contributed by atoms with Gasteiger partial charge in [0.2, 0.25) is 0 Å². The lowest BCUT2D eigenvalue weighted by molar-refractivity contribution is 0.367. The first kappa shape index (κ1) is 16.0. The second-order valence-electron chi connectivity index (χ2n) is 5.08. The summed E-state index contributed by atoms with van der Waals surface area (Å²) < 4.78 is 1.41. The summed E-state index contributed by atoms with van der Waals surface area (Å²) in [5.41, 5.74) is 0.375. The number of hydrogen-bond donors (Lipinski definition) is 1. The molecule has 0 spiro atoms. The molecular weight excluding hydrogens is 264 g/mol. The molecule has 19 heavy (non-hydrogen) atoms. The molecule has 0 radical (unpaired) electrons. The van der Waals surface area contributed by atoms with Crippen LogP contribution in [0.1, 0.15) is 20.8 Å². The average molecular weight is 287 g/mol. The minimum atomic E-state index is -0.232. The molecule has 0 aliphatic heterocycles. The minimum absolute atomic E-state index is 0.217. The number of likely N-dealkylation sites (N-methyl/N-ethyl adjacent to an activating group) is 1. The van der Waals surface area contributed by atoms with Crippen LogP contribution in [0.15, 0.2) is 11.0 Å². The van der Waals surface area contributed by atoms with Gasteiger partial charge in [-0.15, -0.1) is 0 Å². The van der Waals surface area contributed by atoms with Crippen LogP contribution in [0.2, 0.25) is 5.02 Å². The summed E-state index contributed by atoms with van der Waals surface area (Å²) in [6.07, 6.45) is 1.62. The molecule has 0 aliphatic rings. The van der Waals surface area contributed by atoms with Crippen LogP contribution in [-0.4, -0.2) is 41.4 Å². The zero-order chi connectivity index (χ0) is 14.4. The van der Waals surface area contributed by atoms with E-state index in [2.05, 4.69) is 22.2 Å². The van der Waals surface area contributed by atoms with Crippen LogP contribution < -0.4 is 10.9 Å². The van der Waals surface area contributed by atoms with E-state index in [1.54, 1.807) is 6.20 Å². The standard InChI is InChI=1S/C13H23ClN4O/c1-5-17(4)7-6-15-11-8-16-18(9-10(2)3)13(19)12(11)14/h8,10,15H,5-7,9H2,1-4H3. The lowest BCUT2D eigenvalue weighted by Gasteiger charge is -2.15. The van der Waals surface area contributed by atoms with E-state index in [0.29, 0.717) is 18.2 Å². The third-order valence-corrected chi connectivity index (χ3v) is 3.24. The highest BCUT2D eigenvalue weighted by Crippen LogP contribution is 2.15. The summed E-state index contributed by atoms with van der Waals surface area (Å²) in [6, 6.07) is 0. The highest BCUT2D eigenvalue weighted by molar-refractivity contribution is 6.32. The lowest BCUT2D eigenvalue weighted by atomic mass is 10.2. The highest BCUT2D eigenvalue weighted by Gasteiger charge is 2.09. The van der Waals surface area contributed by atoms with Crippen molar-refractivity contribution in [2.45, 2.75) is 27.3 Å². The first-order valence-corrected chi connectivity index (χ1v) is 7.01. The van der Waals surface area contributed by atoms with Gasteiger partial charge in [0.25, 0.3) is 5.56 Å².